The van der Waals surface area contributed by atoms with Gasteiger partial charge in [0.15, 0.2) is 0 Å². The van der Waals surface area contributed by atoms with Crippen molar-refractivity contribution in [2.24, 2.45) is 0 Å². The monoisotopic (exact) mass is 591 g/mol. The van der Waals surface area contributed by atoms with Gasteiger partial charge in [-0.1, -0.05) is 199 Å². The molecule has 0 fully saturated rings. The molecule has 0 unspecified atom stereocenters. The lowest BCUT2D eigenvalue weighted by molar-refractivity contribution is -0.143. The molecule has 0 saturated heterocycles. The van der Waals surface area contributed by atoms with Gasteiger partial charge in [0.25, 0.3) is 0 Å². The van der Waals surface area contributed by atoms with Crippen LogP contribution in [0.4, 0.5) is 0 Å². The molecule has 0 aromatic carbocycles. The van der Waals surface area contributed by atoms with Crippen LogP contribution in [0.3, 0.4) is 0 Å². The molecule has 42 heavy (non-hydrogen) atoms. The molecule has 0 radical (unpaired) electrons. The molecule has 2 nitrogen and oxygen atoms in total. The molecule has 0 saturated carbocycles. The molecule has 0 spiro atoms. The van der Waals surface area contributed by atoms with Crippen molar-refractivity contribution >= 4 is 5.97 Å². The molecule has 0 atom stereocenters. The van der Waals surface area contributed by atoms with E-state index in [9.17, 15) is 4.79 Å². The quantitative estimate of drug-likeness (QED) is 0.0412. The Morgan fingerprint density at radius 3 is 1.02 bits per heavy atom. The van der Waals surface area contributed by atoms with Gasteiger partial charge in [-0.3, -0.25) is 4.79 Å². The largest absolute Gasteiger partial charge is 0.466 e. The molecule has 0 N–H and O–H groups in total. The number of carbonyl (C=O) groups excluding carboxylic acids is 1. The maximum Gasteiger partial charge on any atom is 0.305 e. The van der Waals surface area contributed by atoms with Crippen LogP contribution in [0.5, 0.6) is 0 Å². The SMILES string of the molecule is CCCCCCCCCCCCCCCCC/C=C\CCCCC(=O)OCCCCCCCCCCCCCCCC. The number of allylic oxidation sites excluding steroid dienone is 2. The summed E-state index contributed by atoms with van der Waals surface area (Å²) in [6.07, 6.45) is 50.1. The molecule has 0 amide bonds. The van der Waals surface area contributed by atoms with E-state index < -0.39 is 0 Å². The highest BCUT2D eigenvalue weighted by atomic mass is 16.5. The minimum Gasteiger partial charge on any atom is -0.466 e. The van der Waals surface area contributed by atoms with Gasteiger partial charge in [0.1, 0.15) is 0 Å². The second kappa shape index (κ2) is 38.2. The van der Waals surface area contributed by atoms with Crippen molar-refractivity contribution in [1.29, 1.82) is 0 Å². The highest BCUT2D eigenvalue weighted by Crippen LogP contribution is 2.15. The first-order valence-corrected chi connectivity index (χ1v) is 19.6. The lowest BCUT2D eigenvalue weighted by atomic mass is 10.0. The van der Waals surface area contributed by atoms with Gasteiger partial charge in [0.2, 0.25) is 0 Å². The molecule has 0 aliphatic rings. The summed E-state index contributed by atoms with van der Waals surface area (Å²) in [4.78, 5) is 11.9. The van der Waals surface area contributed by atoms with Gasteiger partial charge >= 0.3 is 5.97 Å². The van der Waals surface area contributed by atoms with Crippen LogP contribution in [0.1, 0.15) is 232 Å². The Morgan fingerprint density at radius 2 is 0.667 bits per heavy atom. The maximum atomic E-state index is 11.9. The van der Waals surface area contributed by atoms with Gasteiger partial charge in [-0.2, -0.15) is 0 Å². The van der Waals surface area contributed by atoms with Crippen LogP contribution in [0, 0.1) is 0 Å². The van der Waals surface area contributed by atoms with E-state index in [1.165, 1.54) is 186 Å². The minimum absolute atomic E-state index is 0.00600. The predicted molar refractivity (Wildman–Crippen MR) is 188 cm³/mol. The van der Waals surface area contributed by atoms with Gasteiger partial charge in [-0.05, 0) is 38.5 Å². The number of esters is 1. The van der Waals surface area contributed by atoms with Crippen LogP contribution in [0.25, 0.3) is 0 Å². The summed E-state index contributed by atoms with van der Waals surface area (Å²) in [6.45, 7) is 5.20. The van der Waals surface area contributed by atoms with Crippen molar-refractivity contribution in [3.8, 4) is 0 Å². The number of carbonyl (C=O) groups is 1. The Hall–Kier alpha value is -0.790. The summed E-state index contributed by atoms with van der Waals surface area (Å²) in [5.41, 5.74) is 0. The lowest BCUT2D eigenvalue weighted by Gasteiger charge is -2.05. The van der Waals surface area contributed by atoms with Crippen molar-refractivity contribution in [3.05, 3.63) is 12.2 Å². The average Bonchev–Trinajstić information content (AvgIpc) is 3.00. The van der Waals surface area contributed by atoms with Crippen molar-refractivity contribution in [2.75, 3.05) is 6.61 Å². The zero-order valence-electron chi connectivity index (χ0n) is 29.2. The van der Waals surface area contributed by atoms with E-state index in [4.69, 9.17) is 4.74 Å². The van der Waals surface area contributed by atoms with Gasteiger partial charge in [-0.25, -0.2) is 0 Å². The molecule has 0 bridgehead atoms. The van der Waals surface area contributed by atoms with Crippen molar-refractivity contribution < 1.29 is 9.53 Å². The highest BCUT2D eigenvalue weighted by molar-refractivity contribution is 5.69. The van der Waals surface area contributed by atoms with Crippen LogP contribution in [0.2, 0.25) is 0 Å². The molecule has 0 rings (SSSR count). The first-order valence-electron chi connectivity index (χ1n) is 19.6. The van der Waals surface area contributed by atoms with E-state index in [1.807, 2.05) is 0 Å². The maximum absolute atomic E-state index is 11.9. The van der Waals surface area contributed by atoms with E-state index in [0.717, 1.165) is 25.7 Å². The van der Waals surface area contributed by atoms with E-state index >= 15 is 0 Å². The van der Waals surface area contributed by atoms with Gasteiger partial charge in [0.05, 0.1) is 6.61 Å². The summed E-state index contributed by atoms with van der Waals surface area (Å²) >= 11 is 0. The molecular weight excluding hydrogens is 512 g/mol. The first kappa shape index (κ1) is 41.2. The summed E-state index contributed by atoms with van der Waals surface area (Å²) in [6, 6.07) is 0. The fraction of sp³-hybridized carbons (Fsp3) is 0.925. The van der Waals surface area contributed by atoms with Crippen molar-refractivity contribution in [2.45, 2.75) is 232 Å². The van der Waals surface area contributed by atoms with E-state index in [0.29, 0.717) is 13.0 Å². The standard InChI is InChI=1S/C40H78O2/c1-3-5-7-9-11-13-15-17-19-20-21-22-23-24-25-26-28-30-32-34-36-38-40(41)42-39-37-35-33-31-29-27-18-16-14-12-10-8-6-4-2/h28,30H,3-27,29,31-39H2,1-2H3/b30-28-. The highest BCUT2D eigenvalue weighted by Gasteiger charge is 2.02. The van der Waals surface area contributed by atoms with Gasteiger partial charge < -0.3 is 4.74 Å². The molecular formula is C40H78O2. The third-order valence-corrected chi connectivity index (χ3v) is 8.90. The summed E-state index contributed by atoms with van der Waals surface area (Å²) in [5, 5.41) is 0. The average molecular weight is 591 g/mol. The van der Waals surface area contributed by atoms with Crippen LogP contribution in [-0.2, 0) is 9.53 Å². The van der Waals surface area contributed by atoms with E-state index in [2.05, 4.69) is 26.0 Å². The summed E-state index contributed by atoms with van der Waals surface area (Å²) < 4.78 is 5.44. The number of unbranched alkanes of at least 4 members (excludes halogenated alkanes) is 30. The smallest absolute Gasteiger partial charge is 0.305 e. The molecule has 0 heterocycles. The zero-order chi connectivity index (χ0) is 30.4. The predicted octanol–water partition coefficient (Wildman–Crippen LogP) is 14.4. The molecule has 0 aliphatic heterocycles. The summed E-state index contributed by atoms with van der Waals surface area (Å²) in [5.74, 6) is 0.00600. The molecule has 0 aromatic rings. The minimum atomic E-state index is 0.00600. The summed E-state index contributed by atoms with van der Waals surface area (Å²) in [7, 11) is 0. The van der Waals surface area contributed by atoms with Gasteiger partial charge in [-0.15, -0.1) is 0 Å². The van der Waals surface area contributed by atoms with Crippen molar-refractivity contribution in [3.63, 3.8) is 0 Å². The topological polar surface area (TPSA) is 26.3 Å². The number of hydrogen-bond acceptors (Lipinski definition) is 2. The molecule has 250 valence electrons. The second-order valence-electron chi connectivity index (χ2n) is 13.3. The Bertz CT molecular complexity index is 526. The number of rotatable bonds is 36. The fourth-order valence-electron chi connectivity index (χ4n) is 5.96. The van der Waals surface area contributed by atoms with Crippen LogP contribution in [0.15, 0.2) is 12.2 Å². The number of ether oxygens (including phenoxy) is 1. The normalized spacial score (nSPS) is 11.6. The fourth-order valence-corrected chi connectivity index (χ4v) is 5.96. The Balaban J connectivity index is 3.20. The first-order chi connectivity index (χ1) is 20.8. The third kappa shape index (κ3) is 37.2. The Morgan fingerprint density at radius 1 is 0.381 bits per heavy atom. The van der Waals surface area contributed by atoms with Crippen molar-refractivity contribution in [1.82, 2.24) is 0 Å². The van der Waals surface area contributed by atoms with Crippen LogP contribution >= 0.6 is 0 Å². The van der Waals surface area contributed by atoms with E-state index in [1.54, 1.807) is 0 Å². The lowest BCUT2D eigenvalue weighted by Crippen LogP contribution is -2.05. The van der Waals surface area contributed by atoms with Gasteiger partial charge in [0, 0.05) is 6.42 Å². The molecule has 0 aromatic heterocycles. The second-order valence-corrected chi connectivity index (χ2v) is 13.3. The number of hydrogen-bond donors (Lipinski definition) is 0. The Kier molecular flexibility index (Phi) is 37.5. The molecule has 0 aliphatic carbocycles. The zero-order valence-corrected chi connectivity index (χ0v) is 29.2. The van der Waals surface area contributed by atoms with Crippen LogP contribution < -0.4 is 0 Å². The third-order valence-electron chi connectivity index (χ3n) is 8.90. The Labute approximate surface area is 266 Å². The van der Waals surface area contributed by atoms with Crippen LogP contribution in [-0.4, -0.2) is 12.6 Å². The van der Waals surface area contributed by atoms with E-state index in [-0.39, 0.29) is 5.97 Å². The molecule has 2 heteroatoms.